The van der Waals surface area contributed by atoms with Gasteiger partial charge < -0.3 is 0 Å². The fourth-order valence-corrected chi connectivity index (χ4v) is 9.07. The molecule has 0 unspecified atom stereocenters. The first kappa shape index (κ1) is 39.9. The molecule has 2 heterocycles. The molecule has 0 bridgehead atoms. The van der Waals surface area contributed by atoms with Crippen LogP contribution in [-0.2, 0) is 0 Å². The van der Waals surface area contributed by atoms with Crippen LogP contribution in [0.2, 0.25) is 0 Å². The van der Waals surface area contributed by atoms with Gasteiger partial charge in [0.15, 0.2) is 11.6 Å². The topological polar surface area (TPSA) is 67.7 Å². The molecule has 0 saturated heterocycles. The third kappa shape index (κ3) is 8.03. The molecule has 6 nitrogen and oxygen atoms in total. The van der Waals surface area contributed by atoms with E-state index >= 15 is 0 Å². The van der Waals surface area contributed by atoms with Gasteiger partial charge in [-0.15, -0.1) is 0 Å². The fraction of sp³-hybridized carbons (Fsp3) is 0.125. The second-order valence-corrected chi connectivity index (χ2v) is 16.2. The molecule has 7 aromatic carbocycles. The van der Waals surface area contributed by atoms with Crippen LogP contribution in [0.25, 0.3) is 45.0 Å². The highest BCUT2D eigenvalue weighted by Crippen LogP contribution is 2.42. The second kappa shape index (κ2) is 17.2. The fourth-order valence-electron chi connectivity index (χ4n) is 9.07. The summed E-state index contributed by atoms with van der Waals surface area (Å²) in [6.45, 7) is 13.3. The molecule has 0 spiro atoms. The lowest BCUT2D eigenvalue weighted by molar-refractivity contribution is 0.918. The summed E-state index contributed by atoms with van der Waals surface area (Å²) in [5.74, 6) is 2.25. The van der Waals surface area contributed by atoms with E-state index in [0.717, 1.165) is 27.9 Å². The van der Waals surface area contributed by atoms with Crippen molar-refractivity contribution in [3.63, 3.8) is 0 Å². The Morgan fingerprint density at radius 1 is 0.435 bits per heavy atom. The van der Waals surface area contributed by atoms with Crippen molar-refractivity contribution in [2.24, 2.45) is 0 Å². The number of hydrogen-bond acceptors (Lipinski definition) is 6. The van der Waals surface area contributed by atoms with Crippen LogP contribution >= 0.6 is 0 Å². The summed E-state index contributed by atoms with van der Waals surface area (Å²) in [7, 11) is 0. The molecule has 62 heavy (non-hydrogen) atoms. The smallest absolute Gasteiger partial charge is 0.239 e. The number of rotatable bonds is 10. The summed E-state index contributed by atoms with van der Waals surface area (Å²) >= 11 is 0. The lowest BCUT2D eigenvalue weighted by Crippen LogP contribution is -2.17. The predicted octanol–water partition coefficient (Wildman–Crippen LogP) is 13.8. The van der Waals surface area contributed by atoms with E-state index in [0.29, 0.717) is 23.4 Å². The summed E-state index contributed by atoms with van der Waals surface area (Å²) in [4.78, 5) is 26.4. The maximum atomic E-state index is 5.21. The number of benzene rings is 7. The van der Waals surface area contributed by atoms with Gasteiger partial charge in [0.2, 0.25) is 5.95 Å². The van der Waals surface area contributed by atoms with E-state index in [9.17, 15) is 0 Å². The van der Waals surface area contributed by atoms with Crippen molar-refractivity contribution in [3.05, 3.63) is 226 Å². The normalized spacial score (nSPS) is 11.2. The lowest BCUT2D eigenvalue weighted by atomic mass is 9.77. The molecule has 0 radical (unpaired) electrons. The predicted molar refractivity (Wildman–Crippen MR) is 254 cm³/mol. The average Bonchev–Trinajstić information content (AvgIpc) is 3.29. The minimum absolute atomic E-state index is 0.0360. The lowest BCUT2D eigenvalue weighted by Gasteiger charge is -2.28. The molecular formula is C56H48N6. The largest absolute Gasteiger partial charge is 0.263 e. The molecule has 0 fully saturated rings. The van der Waals surface area contributed by atoms with Gasteiger partial charge in [0.1, 0.15) is 12.1 Å². The van der Waals surface area contributed by atoms with E-state index in [4.69, 9.17) is 19.9 Å². The van der Waals surface area contributed by atoms with E-state index in [1.807, 2.05) is 47.4 Å². The summed E-state index contributed by atoms with van der Waals surface area (Å²) in [6.07, 6.45) is 3.31. The summed E-state index contributed by atoms with van der Waals surface area (Å²) in [5.41, 5.74) is 18.8. The Labute approximate surface area is 364 Å². The van der Waals surface area contributed by atoms with Gasteiger partial charge in [-0.05, 0) is 121 Å². The Balaban J connectivity index is 1.17. The van der Waals surface area contributed by atoms with Crippen LogP contribution in [0, 0.1) is 41.5 Å². The minimum Gasteiger partial charge on any atom is -0.263 e. The Morgan fingerprint density at radius 2 is 0.887 bits per heavy atom. The molecule has 0 saturated carbocycles. The second-order valence-electron chi connectivity index (χ2n) is 16.2. The Bertz CT molecular complexity index is 2900. The van der Waals surface area contributed by atoms with Gasteiger partial charge in [-0.2, -0.15) is 9.97 Å². The van der Waals surface area contributed by atoms with Gasteiger partial charge >= 0.3 is 0 Å². The third-order valence-corrected chi connectivity index (χ3v) is 11.7. The maximum absolute atomic E-state index is 5.21. The highest BCUT2D eigenvalue weighted by atomic mass is 15.3. The van der Waals surface area contributed by atoms with Crippen LogP contribution in [0.5, 0.6) is 0 Å². The molecule has 2 aromatic heterocycles. The molecule has 6 heteroatoms. The molecule has 0 aliphatic carbocycles. The molecule has 0 atom stereocenters. The quantitative estimate of drug-likeness (QED) is 0.128. The van der Waals surface area contributed by atoms with Crippen LogP contribution in [0.15, 0.2) is 176 Å². The van der Waals surface area contributed by atoms with Crippen LogP contribution in [0.4, 0.5) is 17.5 Å². The van der Waals surface area contributed by atoms with Crippen molar-refractivity contribution in [1.29, 1.82) is 0 Å². The Hall–Kier alpha value is -7.57. The van der Waals surface area contributed by atoms with Crippen molar-refractivity contribution < 1.29 is 0 Å². The maximum Gasteiger partial charge on any atom is 0.239 e. The third-order valence-electron chi connectivity index (χ3n) is 11.7. The summed E-state index contributed by atoms with van der Waals surface area (Å²) in [5, 5.41) is 0. The number of aryl methyl sites for hydroxylation is 6. The van der Waals surface area contributed by atoms with Crippen molar-refractivity contribution >= 4 is 17.5 Å². The molecule has 0 N–H and O–H groups in total. The first-order valence-corrected chi connectivity index (χ1v) is 21.1. The molecule has 0 aliphatic rings. The van der Waals surface area contributed by atoms with Gasteiger partial charge in [-0.3, -0.25) is 4.90 Å². The molecular weight excluding hydrogens is 757 g/mol. The van der Waals surface area contributed by atoms with Gasteiger partial charge in [-0.1, -0.05) is 157 Å². The molecule has 302 valence electrons. The van der Waals surface area contributed by atoms with Crippen LogP contribution in [0.3, 0.4) is 0 Å². The van der Waals surface area contributed by atoms with Crippen molar-refractivity contribution in [2.45, 2.75) is 47.5 Å². The summed E-state index contributed by atoms with van der Waals surface area (Å²) < 4.78 is 0. The minimum atomic E-state index is 0.0360. The zero-order valence-electron chi connectivity index (χ0n) is 36.0. The number of aromatic nitrogens is 5. The van der Waals surface area contributed by atoms with Gasteiger partial charge in [-0.25, -0.2) is 15.0 Å². The van der Waals surface area contributed by atoms with Gasteiger partial charge in [0.05, 0.1) is 5.69 Å². The van der Waals surface area contributed by atoms with E-state index in [2.05, 4.69) is 168 Å². The molecule has 9 aromatic rings. The van der Waals surface area contributed by atoms with Gasteiger partial charge in [0.25, 0.3) is 0 Å². The highest BCUT2D eigenvalue weighted by molar-refractivity contribution is 5.84. The Morgan fingerprint density at radius 3 is 1.39 bits per heavy atom. The highest BCUT2D eigenvalue weighted by Gasteiger charge is 2.26. The zero-order valence-corrected chi connectivity index (χ0v) is 36.0. The number of nitrogens with zero attached hydrogens (tertiary/aromatic N) is 6. The van der Waals surface area contributed by atoms with Crippen molar-refractivity contribution in [3.8, 4) is 45.0 Å². The standard InChI is InChI=1S/C56H48N6/c1-36-31-38(3)51(39(4)32-36)53(52-40(5)33-37(2)34-41(52)6)44-25-27-47(28-26-44)62(50-29-30-57-35-58-50)56-60-54(45-17-11-8-12-18-45)59-55(61-56)46-23-21-43(22-24-46)49-20-14-13-19-48(49)42-15-9-7-10-16-42/h7-35,53H,1-6H3. The monoisotopic (exact) mass is 804 g/mol. The van der Waals surface area contributed by atoms with Crippen LogP contribution in [0.1, 0.15) is 56.0 Å². The molecule has 9 rings (SSSR count). The average molecular weight is 805 g/mol. The number of anilines is 3. The first-order chi connectivity index (χ1) is 30.2. The van der Waals surface area contributed by atoms with E-state index in [-0.39, 0.29) is 5.92 Å². The first-order valence-electron chi connectivity index (χ1n) is 21.1. The van der Waals surface area contributed by atoms with E-state index in [1.54, 1.807) is 12.5 Å². The summed E-state index contributed by atoms with van der Waals surface area (Å²) in [6, 6.07) is 57.5. The van der Waals surface area contributed by atoms with Crippen molar-refractivity contribution in [2.75, 3.05) is 4.90 Å². The SMILES string of the molecule is Cc1cc(C)c(C(c2ccc(N(c3ccncn3)c3nc(-c4ccccc4)nc(-c4ccc(-c5ccccc5-c5ccccc5)cc4)n3)cc2)c2c(C)cc(C)cc2C)c(C)c1. The van der Waals surface area contributed by atoms with Crippen molar-refractivity contribution in [1.82, 2.24) is 24.9 Å². The molecule has 0 amide bonds. The Kier molecular flexibility index (Phi) is 11.1. The number of hydrogen-bond donors (Lipinski definition) is 0. The van der Waals surface area contributed by atoms with E-state index < -0.39 is 0 Å². The van der Waals surface area contributed by atoms with E-state index in [1.165, 1.54) is 61.2 Å². The van der Waals surface area contributed by atoms with Crippen LogP contribution in [-0.4, -0.2) is 24.9 Å². The van der Waals surface area contributed by atoms with Crippen LogP contribution < -0.4 is 4.90 Å². The zero-order chi connectivity index (χ0) is 42.7. The molecule has 0 aliphatic heterocycles. The van der Waals surface area contributed by atoms with Gasteiger partial charge in [0, 0.05) is 23.2 Å².